The molecule has 0 aliphatic carbocycles. The van der Waals surface area contributed by atoms with E-state index in [1.165, 1.54) is 11.8 Å². The van der Waals surface area contributed by atoms with Crippen LogP contribution in [-0.4, -0.2) is 18.3 Å². The SMILES string of the molecule is CCOc1ccc(SCC(=O)NC(C)c2ccc(Br)cc2)cc1. The Bertz CT molecular complexity index is 628. The molecule has 5 heteroatoms. The normalized spacial score (nSPS) is 11.8. The molecule has 23 heavy (non-hydrogen) atoms. The number of hydrogen-bond donors (Lipinski definition) is 1. The fourth-order valence-corrected chi connectivity index (χ4v) is 3.04. The quantitative estimate of drug-likeness (QED) is 0.685. The molecule has 122 valence electrons. The van der Waals surface area contributed by atoms with Crippen LogP contribution in [0.5, 0.6) is 5.75 Å². The summed E-state index contributed by atoms with van der Waals surface area (Å²) in [6.07, 6.45) is 0. The highest BCUT2D eigenvalue weighted by molar-refractivity contribution is 9.10. The summed E-state index contributed by atoms with van der Waals surface area (Å²) in [6, 6.07) is 15.8. The topological polar surface area (TPSA) is 38.3 Å². The minimum atomic E-state index is -0.00321. The predicted octanol–water partition coefficient (Wildman–Crippen LogP) is 4.82. The second kappa shape index (κ2) is 8.99. The molecule has 1 amide bonds. The van der Waals surface area contributed by atoms with Crippen molar-refractivity contribution in [1.29, 1.82) is 0 Å². The van der Waals surface area contributed by atoms with E-state index in [2.05, 4.69) is 21.2 Å². The van der Waals surface area contributed by atoms with Gasteiger partial charge >= 0.3 is 0 Å². The molecule has 2 rings (SSSR count). The molecule has 1 unspecified atom stereocenters. The van der Waals surface area contributed by atoms with E-state index in [1.807, 2.05) is 62.4 Å². The lowest BCUT2D eigenvalue weighted by Crippen LogP contribution is -2.28. The van der Waals surface area contributed by atoms with Gasteiger partial charge in [0.1, 0.15) is 5.75 Å². The van der Waals surface area contributed by atoms with Crippen molar-refractivity contribution in [1.82, 2.24) is 5.32 Å². The minimum absolute atomic E-state index is 0.00321. The van der Waals surface area contributed by atoms with E-state index in [9.17, 15) is 4.79 Å². The van der Waals surface area contributed by atoms with Gasteiger partial charge in [0.2, 0.25) is 5.91 Å². The molecule has 2 aromatic carbocycles. The number of carbonyl (C=O) groups is 1. The molecule has 1 N–H and O–H groups in total. The Morgan fingerprint density at radius 3 is 2.43 bits per heavy atom. The lowest BCUT2D eigenvalue weighted by molar-refractivity contribution is -0.119. The number of thioether (sulfide) groups is 1. The van der Waals surface area contributed by atoms with Gasteiger partial charge in [0.05, 0.1) is 18.4 Å². The van der Waals surface area contributed by atoms with Crippen LogP contribution >= 0.6 is 27.7 Å². The average Bonchev–Trinajstić information content (AvgIpc) is 2.55. The summed E-state index contributed by atoms with van der Waals surface area (Å²) in [5, 5.41) is 3.02. The molecule has 0 aromatic heterocycles. The Hall–Kier alpha value is -1.46. The molecule has 0 fully saturated rings. The van der Waals surface area contributed by atoms with Gasteiger partial charge in [-0.25, -0.2) is 0 Å². The highest BCUT2D eigenvalue weighted by atomic mass is 79.9. The number of amides is 1. The first-order valence-electron chi connectivity index (χ1n) is 7.49. The van der Waals surface area contributed by atoms with Crippen LogP contribution in [0.2, 0.25) is 0 Å². The smallest absolute Gasteiger partial charge is 0.230 e. The number of nitrogens with one attached hydrogen (secondary N) is 1. The van der Waals surface area contributed by atoms with E-state index in [1.54, 1.807) is 0 Å². The highest BCUT2D eigenvalue weighted by Gasteiger charge is 2.10. The second-order valence-electron chi connectivity index (χ2n) is 5.03. The fraction of sp³-hybridized carbons (Fsp3) is 0.278. The van der Waals surface area contributed by atoms with Gasteiger partial charge in [-0.15, -0.1) is 11.8 Å². The molecule has 2 aromatic rings. The van der Waals surface area contributed by atoms with Crippen molar-refractivity contribution in [2.75, 3.05) is 12.4 Å². The molecule has 1 atom stereocenters. The molecule has 0 aliphatic rings. The molecule has 0 radical (unpaired) electrons. The summed E-state index contributed by atoms with van der Waals surface area (Å²) >= 11 is 4.93. The molecule has 0 aliphatic heterocycles. The maximum absolute atomic E-state index is 12.1. The highest BCUT2D eigenvalue weighted by Crippen LogP contribution is 2.22. The zero-order chi connectivity index (χ0) is 16.7. The van der Waals surface area contributed by atoms with Gasteiger partial charge in [0.15, 0.2) is 0 Å². The van der Waals surface area contributed by atoms with Crippen LogP contribution in [0.1, 0.15) is 25.5 Å². The molecule has 0 saturated heterocycles. The average molecular weight is 394 g/mol. The molecular weight excluding hydrogens is 374 g/mol. The van der Waals surface area contributed by atoms with Gasteiger partial charge in [0.25, 0.3) is 0 Å². The summed E-state index contributed by atoms with van der Waals surface area (Å²) in [5.41, 5.74) is 1.09. The standard InChI is InChI=1S/C18H20BrNO2S/c1-3-22-16-8-10-17(11-9-16)23-12-18(21)20-13(2)14-4-6-15(19)7-5-14/h4-11,13H,3,12H2,1-2H3,(H,20,21). The monoisotopic (exact) mass is 393 g/mol. The zero-order valence-electron chi connectivity index (χ0n) is 13.2. The van der Waals surface area contributed by atoms with Gasteiger partial charge in [-0.1, -0.05) is 28.1 Å². The molecular formula is C18H20BrNO2S. The maximum Gasteiger partial charge on any atom is 0.230 e. The Morgan fingerprint density at radius 2 is 1.83 bits per heavy atom. The van der Waals surface area contributed by atoms with Crippen molar-refractivity contribution in [3.05, 3.63) is 58.6 Å². The number of rotatable bonds is 7. The van der Waals surface area contributed by atoms with E-state index >= 15 is 0 Å². The van der Waals surface area contributed by atoms with Gasteiger partial charge in [-0.3, -0.25) is 4.79 Å². The predicted molar refractivity (Wildman–Crippen MR) is 99.0 cm³/mol. The van der Waals surface area contributed by atoms with Crippen LogP contribution in [0.25, 0.3) is 0 Å². The van der Waals surface area contributed by atoms with Gasteiger partial charge < -0.3 is 10.1 Å². The molecule has 0 saturated carbocycles. The van der Waals surface area contributed by atoms with E-state index in [0.717, 1.165) is 20.7 Å². The first-order chi connectivity index (χ1) is 11.1. The van der Waals surface area contributed by atoms with Crippen molar-refractivity contribution in [3.8, 4) is 5.75 Å². The third-order valence-corrected chi connectivity index (χ3v) is 4.79. The van der Waals surface area contributed by atoms with Gasteiger partial charge in [-0.2, -0.15) is 0 Å². The Kier molecular flexibility index (Phi) is 6.99. The number of hydrogen-bond acceptors (Lipinski definition) is 3. The molecule has 0 heterocycles. The summed E-state index contributed by atoms with van der Waals surface area (Å²) in [4.78, 5) is 13.1. The minimum Gasteiger partial charge on any atom is -0.494 e. The summed E-state index contributed by atoms with van der Waals surface area (Å²) in [7, 11) is 0. The lowest BCUT2D eigenvalue weighted by Gasteiger charge is -2.14. The lowest BCUT2D eigenvalue weighted by atomic mass is 10.1. The largest absolute Gasteiger partial charge is 0.494 e. The van der Waals surface area contributed by atoms with Crippen molar-refractivity contribution >= 4 is 33.6 Å². The van der Waals surface area contributed by atoms with Gasteiger partial charge in [-0.05, 0) is 55.8 Å². The van der Waals surface area contributed by atoms with Crippen molar-refractivity contribution in [3.63, 3.8) is 0 Å². The zero-order valence-corrected chi connectivity index (χ0v) is 15.6. The summed E-state index contributed by atoms with van der Waals surface area (Å²) in [6.45, 7) is 4.60. The molecule has 0 spiro atoms. The Labute approximate surface area is 149 Å². The van der Waals surface area contributed by atoms with Crippen LogP contribution in [0.4, 0.5) is 0 Å². The van der Waals surface area contributed by atoms with E-state index < -0.39 is 0 Å². The van der Waals surface area contributed by atoms with Crippen molar-refractivity contribution in [2.45, 2.75) is 24.8 Å². The third kappa shape index (κ3) is 5.92. The third-order valence-electron chi connectivity index (χ3n) is 3.25. The molecule has 0 bridgehead atoms. The van der Waals surface area contributed by atoms with Crippen LogP contribution in [0, 0.1) is 0 Å². The summed E-state index contributed by atoms with van der Waals surface area (Å²) < 4.78 is 6.44. The van der Waals surface area contributed by atoms with Crippen LogP contribution in [0.15, 0.2) is 57.9 Å². The first-order valence-corrected chi connectivity index (χ1v) is 9.27. The fourth-order valence-electron chi connectivity index (χ4n) is 2.07. The van der Waals surface area contributed by atoms with E-state index in [4.69, 9.17) is 4.74 Å². The number of ether oxygens (including phenoxy) is 1. The Morgan fingerprint density at radius 1 is 1.17 bits per heavy atom. The maximum atomic E-state index is 12.1. The Balaban J connectivity index is 1.81. The number of carbonyl (C=O) groups excluding carboxylic acids is 1. The first kappa shape index (κ1) is 17.9. The second-order valence-corrected chi connectivity index (χ2v) is 7.00. The molecule has 3 nitrogen and oxygen atoms in total. The van der Waals surface area contributed by atoms with E-state index in [0.29, 0.717) is 12.4 Å². The summed E-state index contributed by atoms with van der Waals surface area (Å²) in [5.74, 6) is 1.28. The van der Waals surface area contributed by atoms with Crippen LogP contribution in [0.3, 0.4) is 0 Å². The number of halogens is 1. The van der Waals surface area contributed by atoms with Crippen molar-refractivity contribution in [2.24, 2.45) is 0 Å². The van der Waals surface area contributed by atoms with Crippen LogP contribution in [-0.2, 0) is 4.79 Å². The van der Waals surface area contributed by atoms with Crippen molar-refractivity contribution < 1.29 is 9.53 Å². The van der Waals surface area contributed by atoms with Crippen LogP contribution < -0.4 is 10.1 Å². The number of benzene rings is 2. The van der Waals surface area contributed by atoms with Gasteiger partial charge in [0, 0.05) is 9.37 Å². The van der Waals surface area contributed by atoms with E-state index in [-0.39, 0.29) is 11.9 Å².